The van der Waals surface area contributed by atoms with E-state index in [1.54, 1.807) is 13.1 Å². The Morgan fingerprint density at radius 2 is 1.95 bits per heavy atom. The molecule has 19 heavy (non-hydrogen) atoms. The number of halogens is 3. The highest BCUT2D eigenvalue weighted by Crippen LogP contribution is 2.25. The third-order valence-corrected chi connectivity index (χ3v) is 3.25. The zero-order valence-corrected chi connectivity index (χ0v) is 11.4. The van der Waals surface area contributed by atoms with E-state index in [0.29, 0.717) is 38.7 Å². The number of guanidine groups is 1. The highest BCUT2D eigenvalue weighted by atomic mass is 19.4. The average Bonchev–Trinajstić information content (AvgIpc) is 2.38. The summed E-state index contributed by atoms with van der Waals surface area (Å²) in [6.45, 7) is 7.25. The van der Waals surface area contributed by atoms with Crippen molar-refractivity contribution in [1.82, 2.24) is 15.1 Å². The lowest BCUT2D eigenvalue weighted by Crippen LogP contribution is -2.56. The van der Waals surface area contributed by atoms with Gasteiger partial charge in [-0.25, -0.2) is 0 Å². The minimum absolute atomic E-state index is 0.384. The zero-order chi connectivity index (χ0) is 14.5. The smallest absolute Gasteiger partial charge is 0.353 e. The molecule has 1 saturated heterocycles. The third kappa shape index (κ3) is 4.41. The lowest BCUT2D eigenvalue weighted by molar-refractivity contribution is -0.181. The topological polar surface area (TPSA) is 30.9 Å². The van der Waals surface area contributed by atoms with Crippen LogP contribution in [-0.2, 0) is 0 Å². The van der Waals surface area contributed by atoms with Crippen molar-refractivity contribution < 1.29 is 13.2 Å². The molecule has 1 heterocycles. The Kier molecular flexibility index (Phi) is 5.65. The first-order chi connectivity index (χ1) is 8.90. The molecule has 0 amide bonds. The van der Waals surface area contributed by atoms with Crippen molar-refractivity contribution in [3.8, 4) is 0 Å². The lowest BCUT2D eigenvalue weighted by Gasteiger charge is -2.39. The second kappa shape index (κ2) is 6.79. The van der Waals surface area contributed by atoms with E-state index < -0.39 is 12.2 Å². The highest BCUT2D eigenvalue weighted by Gasteiger charge is 2.40. The van der Waals surface area contributed by atoms with Gasteiger partial charge >= 0.3 is 6.18 Å². The second-order valence-corrected chi connectivity index (χ2v) is 4.46. The van der Waals surface area contributed by atoms with Gasteiger partial charge < -0.3 is 10.2 Å². The van der Waals surface area contributed by atoms with Crippen LogP contribution >= 0.6 is 0 Å². The number of aliphatic imine (C=N–C) groups is 1. The fraction of sp³-hybridized carbons (Fsp3) is 0.750. The molecule has 0 aromatic rings. The maximum Gasteiger partial charge on any atom is 0.403 e. The van der Waals surface area contributed by atoms with Gasteiger partial charge in [0, 0.05) is 39.8 Å². The molecule has 110 valence electrons. The fourth-order valence-electron chi connectivity index (χ4n) is 2.02. The van der Waals surface area contributed by atoms with Crippen LogP contribution in [0.25, 0.3) is 0 Å². The van der Waals surface area contributed by atoms with Crippen molar-refractivity contribution >= 4 is 5.96 Å². The Balaban J connectivity index is 2.50. The van der Waals surface area contributed by atoms with E-state index in [2.05, 4.69) is 16.9 Å². The van der Waals surface area contributed by atoms with Gasteiger partial charge in [0.2, 0.25) is 0 Å². The molecule has 0 bridgehead atoms. The van der Waals surface area contributed by atoms with E-state index >= 15 is 0 Å². The van der Waals surface area contributed by atoms with E-state index in [9.17, 15) is 13.2 Å². The van der Waals surface area contributed by atoms with Crippen molar-refractivity contribution in [3.63, 3.8) is 0 Å². The number of nitrogens with zero attached hydrogens (tertiary/aromatic N) is 3. The lowest BCUT2D eigenvalue weighted by atomic mass is 10.2. The molecule has 0 spiro atoms. The molecule has 1 fully saturated rings. The van der Waals surface area contributed by atoms with E-state index in [-0.39, 0.29) is 0 Å². The van der Waals surface area contributed by atoms with Crippen LogP contribution in [0, 0.1) is 0 Å². The predicted octanol–water partition coefficient (Wildman–Crippen LogP) is 1.32. The summed E-state index contributed by atoms with van der Waals surface area (Å²) in [6, 6.07) is -1.39. The summed E-state index contributed by atoms with van der Waals surface area (Å²) in [4.78, 5) is 7.53. The number of hydrogen-bond acceptors (Lipinski definition) is 2. The van der Waals surface area contributed by atoms with Crippen molar-refractivity contribution in [2.24, 2.45) is 4.99 Å². The van der Waals surface area contributed by atoms with Gasteiger partial charge in [0.1, 0.15) is 6.04 Å². The van der Waals surface area contributed by atoms with E-state index in [0.717, 1.165) is 0 Å². The first kappa shape index (κ1) is 15.8. The van der Waals surface area contributed by atoms with Crippen LogP contribution in [0.1, 0.15) is 6.92 Å². The summed E-state index contributed by atoms with van der Waals surface area (Å²) in [6.07, 6.45) is -2.45. The van der Waals surface area contributed by atoms with Gasteiger partial charge in [-0.3, -0.25) is 9.89 Å². The summed E-state index contributed by atoms with van der Waals surface area (Å²) >= 11 is 0. The first-order valence-corrected chi connectivity index (χ1v) is 6.27. The van der Waals surface area contributed by atoms with Crippen molar-refractivity contribution in [2.45, 2.75) is 19.1 Å². The Bertz CT molecular complexity index is 319. The number of rotatable bonds is 3. The highest BCUT2D eigenvalue weighted by molar-refractivity contribution is 5.80. The molecule has 1 atom stereocenters. The van der Waals surface area contributed by atoms with Gasteiger partial charge in [0.25, 0.3) is 0 Å². The monoisotopic (exact) mass is 278 g/mol. The summed E-state index contributed by atoms with van der Waals surface area (Å²) in [5.41, 5.74) is 0. The first-order valence-electron chi connectivity index (χ1n) is 6.27. The second-order valence-electron chi connectivity index (χ2n) is 4.46. The molecule has 7 heteroatoms. The van der Waals surface area contributed by atoms with Crippen molar-refractivity contribution in [3.05, 3.63) is 12.7 Å². The fourth-order valence-corrected chi connectivity index (χ4v) is 2.02. The van der Waals surface area contributed by atoms with Gasteiger partial charge in [-0.05, 0) is 6.92 Å². The molecule has 0 saturated carbocycles. The summed E-state index contributed by atoms with van der Waals surface area (Å²) in [7, 11) is 1.66. The summed E-state index contributed by atoms with van der Waals surface area (Å²) in [5, 5.41) is 3.08. The van der Waals surface area contributed by atoms with Crippen LogP contribution in [-0.4, -0.2) is 67.7 Å². The van der Waals surface area contributed by atoms with Crippen LogP contribution in [0.4, 0.5) is 13.2 Å². The third-order valence-electron chi connectivity index (χ3n) is 3.25. The van der Waals surface area contributed by atoms with Crippen LogP contribution in [0.3, 0.4) is 0 Å². The van der Waals surface area contributed by atoms with Gasteiger partial charge in [-0.1, -0.05) is 6.08 Å². The SMILES string of the molecule is C=CCNC(=NC)N1CCN(C(C)C(F)(F)F)CC1. The largest absolute Gasteiger partial charge is 0.403 e. The van der Waals surface area contributed by atoms with Crippen molar-refractivity contribution in [2.75, 3.05) is 39.8 Å². The molecule has 1 aliphatic rings. The standard InChI is InChI=1S/C12H21F3N4/c1-4-5-17-11(16-3)19-8-6-18(7-9-19)10(2)12(13,14)15/h4,10H,1,5-9H2,2-3H3,(H,16,17). The molecule has 1 N–H and O–H groups in total. The van der Waals surface area contributed by atoms with Gasteiger partial charge in [0.15, 0.2) is 5.96 Å². The molecular formula is C12H21F3N4. The molecule has 1 unspecified atom stereocenters. The number of piperazine rings is 1. The number of hydrogen-bond donors (Lipinski definition) is 1. The molecule has 0 aromatic heterocycles. The average molecular weight is 278 g/mol. The molecule has 4 nitrogen and oxygen atoms in total. The molecule has 1 rings (SSSR count). The van der Waals surface area contributed by atoms with Crippen LogP contribution in [0.2, 0.25) is 0 Å². The number of alkyl halides is 3. The van der Waals surface area contributed by atoms with Crippen molar-refractivity contribution in [1.29, 1.82) is 0 Å². The van der Waals surface area contributed by atoms with Crippen LogP contribution < -0.4 is 5.32 Å². The summed E-state index contributed by atoms with van der Waals surface area (Å²) in [5.74, 6) is 0.708. The van der Waals surface area contributed by atoms with Crippen LogP contribution in [0.15, 0.2) is 17.6 Å². The van der Waals surface area contributed by atoms with Gasteiger partial charge in [-0.15, -0.1) is 6.58 Å². The Morgan fingerprint density at radius 1 is 1.37 bits per heavy atom. The summed E-state index contributed by atoms with van der Waals surface area (Å²) < 4.78 is 37.9. The maximum absolute atomic E-state index is 12.6. The Morgan fingerprint density at radius 3 is 2.37 bits per heavy atom. The van der Waals surface area contributed by atoms with E-state index in [1.165, 1.54) is 11.8 Å². The van der Waals surface area contributed by atoms with Gasteiger partial charge in [0.05, 0.1) is 0 Å². The molecule has 0 aromatic carbocycles. The number of nitrogens with one attached hydrogen (secondary N) is 1. The molecular weight excluding hydrogens is 257 g/mol. The Hall–Kier alpha value is -1.24. The zero-order valence-electron chi connectivity index (χ0n) is 11.4. The predicted molar refractivity (Wildman–Crippen MR) is 70.2 cm³/mol. The molecule has 0 aliphatic carbocycles. The van der Waals surface area contributed by atoms with E-state index in [4.69, 9.17) is 0 Å². The maximum atomic E-state index is 12.6. The van der Waals surface area contributed by atoms with Crippen LogP contribution in [0.5, 0.6) is 0 Å². The van der Waals surface area contributed by atoms with Gasteiger partial charge in [-0.2, -0.15) is 13.2 Å². The molecule has 1 aliphatic heterocycles. The Labute approximate surface area is 112 Å². The van der Waals surface area contributed by atoms with E-state index in [1.807, 2.05) is 4.90 Å². The molecule has 0 radical (unpaired) electrons. The normalized spacial score (nSPS) is 20.3. The minimum atomic E-state index is -4.16. The minimum Gasteiger partial charge on any atom is -0.353 e. The quantitative estimate of drug-likeness (QED) is 0.480.